The number of hydrogen-bond donors (Lipinski definition) is 2. The van der Waals surface area contributed by atoms with E-state index in [0.29, 0.717) is 6.04 Å². The van der Waals surface area contributed by atoms with Gasteiger partial charge in [-0.15, -0.1) is 0 Å². The number of nitrogens with zero attached hydrogens (tertiary/aromatic N) is 2. The zero-order chi connectivity index (χ0) is 16.7. The molecule has 1 saturated heterocycles. The largest absolute Gasteiger partial charge is 0.381 e. The number of ether oxygens (including phenoxy) is 1. The van der Waals surface area contributed by atoms with Gasteiger partial charge in [0.05, 0.1) is 0 Å². The van der Waals surface area contributed by atoms with Gasteiger partial charge in [-0.3, -0.25) is 4.99 Å². The first-order valence-electron chi connectivity index (χ1n) is 9.32. The highest BCUT2D eigenvalue weighted by Gasteiger charge is 2.35. The van der Waals surface area contributed by atoms with Gasteiger partial charge in [0.25, 0.3) is 0 Å². The molecule has 134 valence electrons. The molecule has 1 heterocycles. The Labute approximate surface area is 142 Å². The lowest BCUT2D eigenvalue weighted by molar-refractivity contribution is -0.00504. The van der Waals surface area contributed by atoms with Crippen molar-refractivity contribution >= 4 is 5.96 Å². The van der Waals surface area contributed by atoms with Gasteiger partial charge >= 0.3 is 0 Å². The minimum Gasteiger partial charge on any atom is -0.381 e. The van der Waals surface area contributed by atoms with Crippen LogP contribution in [0.15, 0.2) is 4.99 Å². The number of rotatable bonds is 5. The topological polar surface area (TPSA) is 48.9 Å². The first-order chi connectivity index (χ1) is 11.1. The quantitative estimate of drug-likeness (QED) is 0.601. The molecule has 0 radical (unpaired) electrons. The third-order valence-corrected chi connectivity index (χ3v) is 5.95. The predicted molar refractivity (Wildman–Crippen MR) is 97.0 cm³/mol. The van der Waals surface area contributed by atoms with Crippen LogP contribution in [0.1, 0.15) is 51.9 Å². The van der Waals surface area contributed by atoms with E-state index in [0.717, 1.165) is 44.5 Å². The summed E-state index contributed by atoms with van der Waals surface area (Å²) < 4.78 is 5.55. The lowest BCUT2D eigenvalue weighted by Crippen LogP contribution is -2.57. The molecule has 0 amide bonds. The molecule has 1 aliphatic carbocycles. The fourth-order valence-corrected chi connectivity index (χ4v) is 3.88. The normalized spacial score (nSPS) is 28.7. The van der Waals surface area contributed by atoms with Crippen molar-refractivity contribution < 1.29 is 4.74 Å². The summed E-state index contributed by atoms with van der Waals surface area (Å²) in [6.07, 6.45) is 8.72. The standard InChI is InChI=1S/C18H36N4O/c1-5-15-6-8-16(9-7-15)21-17(19-2)20-14-18(22(3)4)10-12-23-13-11-18/h15-16H,5-14H2,1-4H3,(H2,19,20,21). The first-order valence-corrected chi connectivity index (χ1v) is 9.32. The second-order valence-electron chi connectivity index (χ2n) is 7.43. The van der Waals surface area contributed by atoms with E-state index >= 15 is 0 Å². The van der Waals surface area contributed by atoms with Crippen LogP contribution < -0.4 is 10.6 Å². The molecule has 5 nitrogen and oxygen atoms in total. The highest BCUT2D eigenvalue weighted by Crippen LogP contribution is 2.27. The van der Waals surface area contributed by atoms with Crippen LogP contribution in [0.5, 0.6) is 0 Å². The highest BCUT2D eigenvalue weighted by atomic mass is 16.5. The third kappa shape index (κ3) is 5.08. The van der Waals surface area contributed by atoms with Crippen LogP contribution in [0.4, 0.5) is 0 Å². The Bertz CT molecular complexity index is 369. The molecule has 0 aromatic carbocycles. The van der Waals surface area contributed by atoms with Gasteiger partial charge in [0, 0.05) is 38.4 Å². The molecule has 0 aromatic heterocycles. The van der Waals surface area contributed by atoms with Crippen molar-refractivity contribution in [1.82, 2.24) is 15.5 Å². The summed E-state index contributed by atoms with van der Waals surface area (Å²) in [6.45, 7) is 4.95. The summed E-state index contributed by atoms with van der Waals surface area (Å²) in [5, 5.41) is 7.21. The number of hydrogen-bond acceptors (Lipinski definition) is 3. The molecular formula is C18H36N4O. The zero-order valence-corrected chi connectivity index (χ0v) is 15.5. The maximum Gasteiger partial charge on any atom is 0.191 e. The minimum atomic E-state index is 0.176. The van der Waals surface area contributed by atoms with Gasteiger partial charge < -0.3 is 20.3 Å². The van der Waals surface area contributed by atoms with Crippen molar-refractivity contribution in [3.05, 3.63) is 0 Å². The predicted octanol–water partition coefficient (Wildman–Crippen LogP) is 2.23. The molecule has 2 rings (SSSR count). The summed E-state index contributed by atoms with van der Waals surface area (Å²) in [7, 11) is 6.23. The fraction of sp³-hybridized carbons (Fsp3) is 0.944. The molecule has 0 bridgehead atoms. The van der Waals surface area contributed by atoms with Crippen molar-refractivity contribution in [2.75, 3.05) is 40.9 Å². The number of likely N-dealkylation sites (N-methyl/N-ethyl adjacent to an activating group) is 1. The van der Waals surface area contributed by atoms with Crippen molar-refractivity contribution in [2.24, 2.45) is 10.9 Å². The highest BCUT2D eigenvalue weighted by molar-refractivity contribution is 5.80. The maximum atomic E-state index is 5.55. The maximum absolute atomic E-state index is 5.55. The molecule has 0 atom stereocenters. The van der Waals surface area contributed by atoms with Crippen molar-refractivity contribution in [1.29, 1.82) is 0 Å². The first kappa shape index (κ1) is 18.5. The average molecular weight is 325 g/mol. The van der Waals surface area contributed by atoms with E-state index in [2.05, 4.69) is 41.5 Å². The van der Waals surface area contributed by atoms with Gasteiger partial charge in [-0.2, -0.15) is 0 Å². The molecule has 1 aliphatic heterocycles. The van der Waals surface area contributed by atoms with Crippen LogP contribution in [-0.4, -0.2) is 63.3 Å². The van der Waals surface area contributed by atoms with Gasteiger partial charge in [-0.05, 0) is 58.5 Å². The summed E-state index contributed by atoms with van der Waals surface area (Å²) in [5.41, 5.74) is 0.176. The van der Waals surface area contributed by atoms with Gasteiger partial charge in [0.2, 0.25) is 0 Å². The molecule has 0 unspecified atom stereocenters. The second-order valence-corrected chi connectivity index (χ2v) is 7.43. The summed E-state index contributed by atoms with van der Waals surface area (Å²) in [6, 6.07) is 0.578. The van der Waals surface area contributed by atoms with E-state index < -0.39 is 0 Å². The molecule has 1 saturated carbocycles. The number of aliphatic imine (C=N–C) groups is 1. The molecule has 0 spiro atoms. The Kier molecular flexibility index (Phi) is 7.15. The Hall–Kier alpha value is -0.810. The van der Waals surface area contributed by atoms with E-state index in [1.165, 1.54) is 32.1 Å². The average Bonchev–Trinajstić information content (AvgIpc) is 2.59. The third-order valence-electron chi connectivity index (χ3n) is 5.95. The molecule has 0 aromatic rings. The van der Waals surface area contributed by atoms with Gasteiger partial charge in [-0.1, -0.05) is 13.3 Å². The van der Waals surface area contributed by atoms with Crippen LogP contribution in [0, 0.1) is 5.92 Å². The fourth-order valence-electron chi connectivity index (χ4n) is 3.88. The monoisotopic (exact) mass is 324 g/mol. The molecule has 2 fully saturated rings. The van der Waals surface area contributed by atoms with Crippen molar-refractivity contribution in [2.45, 2.75) is 63.5 Å². The van der Waals surface area contributed by atoms with Crippen LogP contribution >= 0.6 is 0 Å². The van der Waals surface area contributed by atoms with Crippen molar-refractivity contribution in [3.8, 4) is 0 Å². The number of guanidine groups is 1. The smallest absolute Gasteiger partial charge is 0.191 e. The van der Waals surface area contributed by atoms with Crippen LogP contribution in [-0.2, 0) is 4.74 Å². The summed E-state index contributed by atoms with van der Waals surface area (Å²) in [4.78, 5) is 6.79. The zero-order valence-electron chi connectivity index (χ0n) is 15.5. The molecule has 2 N–H and O–H groups in total. The Balaban J connectivity index is 1.82. The SMILES string of the molecule is CCC1CCC(NC(=NC)NCC2(N(C)C)CCOCC2)CC1. The van der Waals surface area contributed by atoms with E-state index in [9.17, 15) is 0 Å². The van der Waals surface area contributed by atoms with Crippen molar-refractivity contribution in [3.63, 3.8) is 0 Å². The molecule has 2 aliphatic rings. The van der Waals surface area contributed by atoms with Crippen LogP contribution in [0.2, 0.25) is 0 Å². The van der Waals surface area contributed by atoms with Gasteiger partial charge in [0.1, 0.15) is 0 Å². The second kappa shape index (κ2) is 8.88. The molecule has 23 heavy (non-hydrogen) atoms. The van der Waals surface area contributed by atoms with Crippen LogP contribution in [0.25, 0.3) is 0 Å². The Morgan fingerprint density at radius 3 is 2.35 bits per heavy atom. The van der Waals surface area contributed by atoms with Gasteiger partial charge in [-0.25, -0.2) is 0 Å². The van der Waals surface area contributed by atoms with E-state index in [4.69, 9.17) is 4.74 Å². The molecular weight excluding hydrogens is 288 g/mol. The van der Waals surface area contributed by atoms with E-state index in [1.807, 2.05) is 7.05 Å². The minimum absolute atomic E-state index is 0.176. The lowest BCUT2D eigenvalue weighted by Gasteiger charge is -2.43. The van der Waals surface area contributed by atoms with Gasteiger partial charge in [0.15, 0.2) is 5.96 Å². The van der Waals surface area contributed by atoms with Crippen LogP contribution in [0.3, 0.4) is 0 Å². The lowest BCUT2D eigenvalue weighted by atomic mass is 9.84. The Morgan fingerprint density at radius 1 is 1.17 bits per heavy atom. The van der Waals surface area contributed by atoms with E-state index in [-0.39, 0.29) is 5.54 Å². The Morgan fingerprint density at radius 2 is 1.83 bits per heavy atom. The van der Waals surface area contributed by atoms with E-state index in [1.54, 1.807) is 0 Å². The summed E-state index contributed by atoms with van der Waals surface area (Å²) >= 11 is 0. The molecule has 5 heteroatoms. The number of nitrogens with one attached hydrogen (secondary N) is 2. The summed E-state index contributed by atoms with van der Waals surface area (Å²) in [5.74, 6) is 1.89.